The number of aliphatic hydroxyl groups is 1. The molecule has 20 heavy (non-hydrogen) atoms. The van der Waals surface area contributed by atoms with Crippen molar-refractivity contribution in [2.24, 2.45) is 0 Å². The Morgan fingerprint density at radius 1 is 1.25 bits per heavy atom. The van der Waals surface area contributed by atoms with Gasteiger partial charge in [0, 0.05) is 5.54 Å². The summed E-state index contributed by atoms with van der Waals surface area (Å²) in [6, 6.07) is 3.18. The minimum Gasteiger partial charge on any atom is -0.394 e. The summed E-state index contributed by atoms with van der Waals surface area (Å²) in [5.74, 6) is -0.222. The van der Waals surface area contributed by atoms with Crippen LogP contribution < -0.4 is 5.32 Å². The van der Waals surface area contributed by atoms with E-state index in [0.29, 0.717) is 12.8 Å². The van der Waals surface area contributed by atoms with Crippen LogP contribution in [-0.4, -0.2) is 46.7 Å². The molecule has 2 rings (SSSR count). The van der Waals surface area contributed by atoms with E-state index in [1.165, 1.54) is 4.90 Å². The number of aliphatic hydroxyl groups excluding tert-OH is 1. The first-order valence-electron chi connectivity index (χ1n) is 7.12. The molecular formula is C14H20N4O2. The zero-order valence-corrected chi connectivity index (χ0v) is 11.5. The number of likely N-dealkylation sites (tertiary alicyclic amines) is 1. The van der Waals surface area contributed by atoms with E-state index >= 15 is 0 Å². The third-order valence-electron chi connectivity index (χ3n) is 4.45. The van der Waals surface area contributed by atoms with Gasteiger partial charge in [0.25, 0.3) is 0 Å². The molecule has 0 radical (unpaired) electrons. The molecule has 0 bridgehead atoms. The third-order valence-corrected chi connectivity index (χ3v) is 4.45. The third kappa shape index (κ3) is 2.77. The molecule has 108 valence electrons. The lowest BCUT2D eigenvalue weighted by Crippen LogP contribution is -2.52. The molecule has 1 heterocycles. The van der Waals surface area contributed by atoms with Gasteiger partial charge in [0.15, 0.2) is 0 Å². The Labute approximate surface area is 119 Å². The predicted octanol–water partition coefficient (Wildman–Crippen LogP) is 0.288. The van der Waals surface area contributed by atoms with Gasteiger partial charge in [-0.1, -0.05) is 12.8 Å². The van der Waals surface area contributed by atoms with Gasteiger partial charge in [0.1, 0.15) is 12.1 Å². The lowest BCUT2D eigenvalue weighted by Gasteiger charge is -2.30. The number of nitrogens with one attached hydrogen (secondary N) is 1. The smallest absolute Gasteiger partial charge is 0.238 e. The van der Waals surface area contributed by atoms with Crippen LogP contribution in [0.5, 0.6) is 0 Å². The van der Waals surface area contributed by atoms with Crippen molar-refractivity contribution in [3.8, 4) is 12.1 Å². The minimum atomic E-state index is -0.498. The molecule has 1 saturated heterocycles. The van der Waals surface area contributed by atoms with Crippen molar-refractivity contribution in [3.05, 3.63) is 0 Å². The molecule has 0 spiro atoms. The van der Waals surface area contributed by atoms with Crippen molar-refractivity contribution in [1.82, 2.24) is 10.2 Å². The van der Waals surface area contributed by atoms with Gasteiger partial charge in [0.2, 0.25) is 5.91 Å². The van der Waals surface area contributed by atoms with Crippen LogP contribution in [0.15, 0.2) is 0 Å². The van der Waals surface area contributed by atoms with Gasteiger partial charge in [-0.05, 0) is 25.7 Å². The number of carbonyl (C=O) groups excluding carboxylic acids is 1. The van der Waals surface area contributed by atoms with Crippen LogP contribution in [0.1, 0.15) is 38.5 Å². The molecule has 6 nitrogen and oxygen atoms in total. The molecule has 1 saturated carbocycles. The number of amides is 1. The Balaban J connectivity index is 1.97. The number of hydrogen-bond acceptors (Lipinski definition) is 5. The summed E-state index contributed by atoms with van der Waals surface area (Å²) < 4.78 is 0. The quantitative estimate of drug-likeness (QED) is 0.768. The Morgan fingerprint density at radius 3 is 2.25 bits per heavy atom. The standard InChI is InChI=1S/C14H20N4O2/c15-7-11-3-4-12(8-16)18(11)13(20)9-17-14(10-19)5-1-2-6-14/h11-12,17,19H,1-6,9-10H2/t11-,12-/m0/s1. The Morgan fingerprint density at radius 2 is 1.80 bits per heavy atom. The topological polar surface area (TPSA) is 100 Å². The average molecular weight is 276 g/mol. The highest BCUT2D eigenvalue weighted by Crippen LogP contribution is 2.29. The van der Waals surface area contributed by atoms with E-state index in [0.717, 1.165) is 25.7 Å². The van der Waals surface area contributed by atoms with Gasteiger partial charge in [-0.2, -0.15) is 10.5 Å². The van der Waals surface area contributed by atoms with E-state index in [9.17, 15) is 9.90 Å². The van der Waals surface area contributed by atoms with Gasteiger partial charge in [-0.15, -0.1) is 0 Å². The molecule has 1 amide bonds. The van der Waals surface area contributed by atoms with Gasteiger partial charge < -0.3 is 15.3 Å². The number of carbonyl (C=O) groups is 1. The van der Waals surface area contributed by atoms with Crippen LogP contribution in [-0.2, 0) is 4.79 Å². The van der Waals surface area contributed by atoms with Gasteiger partial charge in [-0.3, -0.25) is 4.79 Å². The van der Waals surface area contributed by atoms with Crippen LogP contribution >= 0.6 is 0 Å². The summed E-state index contributed by atoms with van der Waals surface area (Å²) in [7, 11) is 0. The van der Waals surface area contributed by atoms with Crippen LogP contribution in [0.25, 0.3) is 0 Å². The first kappa shape index (κ1) is 14.8. The van der Waals surface area contributed by atoms with E-state index in [1.807, 2.05) is 0 Å². The minimum absolute atomic E-state index is 0.0175. The second kappa shape index (κ2) is 6.21. The summed E-state index contributed by atoms with van der Waals surface area (Å²) in [4.78, 5) is 13.7. The SMILES string of the molecule is N#C[C@@H]1CC[C@@H](C#N)N1C(=O)CNC1(CO)CCCC1. The van der Waals surface area contributed by atoms with Crippen molar-refractivity contribution in [1.29, 1.82) is 10.5 Å². The molecular weight excluding hydrogens is 256 g/mol. The molecule has 1 aliphatic carbocycles. The van der Waals surface area contributed by atoms with E-state index in [1.54, 1.807) is 0 Å². The molecule has 0 unspecified atom stereocenters. The molecule has 2 aliphatic rings. The molecule has 2 N–H and O–H groups in total. The summed E-state index contributed by atoms with van der Waals surface area (Å²) in [6.45, 7) is 0.0978. The molecule has 6 heteroatoms. The van der Waals surface area contributed by atoms with Crippen molar-refractivity contribution >= 4 is 5.91 Å². The average Bonchev–Trinajstić information content (AvgIpc) is 3.11. The maximum absolute atomic E-state index is 12.3. The molecule has 1 aliphatic heterocycles. The molecule has 0 aromatic carbocycles. The molecule has 0 aromatic rings. The Bertz CT molecular complexity index is 423. The van der Waals surface area contributed by atoms with E-state index < -0.39 is 12.1 Å². The van der Waals surface area contributed by atoms with Crippen LogP contribution in [0.2, 0.25) is 0 Å². The van der Waals surface area contributed by atoms with Gasteiger partial charge >= 0.3 is 0 Å². The van der Waals surface area contributed by atoms with Crippen LogP contribution in [0.4, 0.5) is 0 Å². The number of hydrogen-bond donors (Lipinski definition) is 2. The van der Waals surface area contributed by atoms with E-state index in [4.69, 9.17) is 10.5 Å². The molecule has 2 fully saturated rings. The molecule has 2 atom stereocenters. The second-order valence-corrected chi connectivity index (χ2v) is 5.67. The predicted molar refractivity (Wildman–Crippen MR) is 71.2 cm³/mol. The highest BCUT2D eigenvalue weighted by Gasteiger charge is 2.39. The van der Waals surface area contributed by atoms with E-state index in [-0.39, 0.29) is 24.6 Å². The fourth-order valence-corrected chi connectivity index (χ4v) is 3.21. The largest absolute Gasteiger partial charge is 0.394 e. The normalized spacial score (nSPS) is 28.1. The number of rotatable bonds is 4. The van der Waals surface area contributed by atoms with Crippen molar-refractivity contribution in [2.45, 2.75) is 56.1 Å². The van der Waals surface area contributed by atoms with Crippen LogP contribution in [0.3, 0.4) is 0 Å². The summed E-state index contributed by atoms with van der Waals surface area (Å²) in [5.41, 5.74) is -0.361. The first-order valence-corrected chi connectivity index (χ1v) is 7.12. The number of nitrogens with zero attached hydrogens (tertiary/aromatic N) is 3. The van der Waals surface area contributed by atoms with E-state index in [2.05, 4.69) is 17.5 Å². The fourth-order valence-electron chi connectivity index (χ4n) is 3.21. The summed E-state index contributed by atoms with van der Waals surface area (Å²) >= 11 is 0. The monoisotopic (exact) mass is 276 g/mol. The van der Waals surface area contributed by atoms with Crippen molar-refractivity contribution in [3.63, 3.8) is 0 Å². The van der Waals surface area contributed by atoms with Gasteiger partial charge in [-0.25, -0.2) is 0 Å². The van der Waals surface area contributed by atoms with Gasteiger partial charge in [0.05, 0.1) is 25.3 Å². The maximum atomic E-state index is 12.3. The zero-order chi connectivity index (χ0) is 14.6. The fraction of sp³-hybridized carbons (Fsp3) is 0.786. The zero-order valence-electron chi connectivity index (χ0n) is 11.5. The van der Waals surface area contributed by atoms with Crippen molar-refractivity contribution < 1.29 is 9.90 Å². The summed E-state index contributed by atoms with van der Waals surface area (Å²) in [5, 5.41) is 30.8. The summed E-state index contributed by atoms with van der Waals surface area (Å²) in [6.07, 6.45) is 4.94. The Hall–Kier alpha value is -1.63. The highest BCUT2D eigenvalue weighted by molar-refractivity contribution is 5.80. The Kier molecular flexibility index (Phi) is 4.59. The second-order valence-electron chi connectivity index (χ2n) is 5.67. The maximum Gasteiger partial charge on any atom is 0.238 e. The lowest BCUT2D eigenvalue weighted by atomic mass is 9.99. The highest BCUT2D eigenvalue weighted by atomic mass is 16.3. The number of nitriles is 2. The first-order chi connectivity index (χ1) is 9.65. The van der Waals surface area contributed by atoms with Crippen molar-refractivity contribution in [2.75, 3.05) is 13.2 Å². The lowest BCUT2D eigenvalue weighted by molar-refractivity contribution is -0.131. The van der Waals surface area contributed by atoms with Crippen LogP contribution in [0, 0.1) is 22.7 Å². The molecule has 0 aromatic heterocycles.